The van der Waals surface area contributed by atoms with Crippen LogP contribution in [0.4, 0.5) is 0 Å². The molecule has 1 aliphatic heterocycles. The number of rotatable bonds is 6. The predicted octanol–water partition coefficient (Wildman–Crippen LogP) is -1.82. The number of ether oxygens (including phenoxy) is 4. The molecule has 1 aromatic heterocycles. The SMILES string of the molecule is CC(=O)O[C@@H]1[C@@H](OC(C)=O)[C@@H](OC(=O)CCO)O[C@H]1n1ccc(=O)[nH]c1=O. The van der Waals surface area contributed by atoms with E-state index in [4.69, 9.17) is 24.1 Å². The van der Waals surface area contributed by atoms with E-state index in [1.165, 1.54) is 0 Å². The quantitative estimate of drug-likeness (QED) is 0.420. The van der Waals surface area contributed by atoms with Crippen LogP contribution >= 0.6 is 0 Å². The van der Waals surface area contributed by atoms with Crippen LogP contribution in [0, 0.1) is 0 Å². The Bertz CT molecular complexity index is 828. The molecule has 27 heavy (non-hydrogen) atoms. The van der Waals surface area contributed by atoms with Crippen molar-refractivity contribution in [1.29, 1.82) is 0 Å². The van der Waals surface area contributed by atoms with Crippen LogP contribution in [0.1, 0.15) is 26.5 Å². The number of aliphatic hydroxyl groups is 1. The van der Waals surface area contributed by atoms with Gasteiger partial charge < -0.3 is 24.1 Å². The van der Waals surface area contributed by atoms with E-state index >= 15 is 0 Å². The molecule has 0 bridgehead atoms. The molecule has 1 saturated heterocycles. The van der Waals surface area contributed by atoms with Crippen LogP contribution in [-0.4, -0.2) is 57.7 Å². The molecule has 2 heterocycles. The van der Waals surface area contributed by atoms with Gasteiger partial charge in [0.25, 0.3) is 5.56 Å². The van der Waals surface area contributed by atoms with Gasteiger partial charge in [-0.2, -0.15) is 0 Å². The molecule has 1 fully saturated rings. The Morgan fingerprint density at radius 1 is 1.15 bits per heavy atom. The van der Waals surface area contributed by atoms with Gasteiger partial charge in [-0.1, -0.05) is 0 Å². The predicted molar refractivity (Wildman–Crippen MR) is 84.1 cm³/mol. The van der Waals surface area contributed by atoms with Crippen molar-refractivity contribution in [1.82, 2.24) is 9.55 Å². The number of nitrogens with zero attached hydrogens (tertiary/aromatic N) is 1. The molecule has 12 heteroatoms. The standard InChI is InChI=1S/C15H18N2O10/c1-7(19)24-11-12(25-8(2)20)14(26-10(22)4-6-18)27-13(11)17-5-3-9(21)16-15(17)23/h3,5,11-14,18H,4,6H2,1-2H3,(H,16,21,23)/t11-,12-,13-,14+/m1/s1. The van der Waals surface area contributed by atoms with Crippen LogP contribution in [0.25, 0.3) is 0 Å². The third-order valence-corrected chi connectivity index (χ3v) is 3.44. The van der Waals surface area contributed by atoms with Gasteiger partial charge in [-0.05, 0) is 0 Å². The lowest BCUT2D eigenvalue weighted by atomic mass is 10.2. The van der Waals surface area contributed by atoms with E-state index in [2.05, 4.69) is 0 Å². The first-order valence-corrected chi connectivity index (χ1v) is 7.84. The second-order valence-electron chi connectivity index (χ2n) is 5.52. The molecular formula is C15H18N2O10. The Morgan fingerprint density at radius 2 is 1.78 bits per heavy atom. The molecule has 0 aliphatic carbocycles. The lowest BCUT2D eigenvalue weighted by Crippen LogP contribution is -2.42. The first-order chi connectivity index (χ1) is 12.7. The molecule has 1 aromatic rings. The summed E-state index contributed by atoms with van der Waals surface area (Å²) in [5, 5.41) is 8.81. The van der Waals surface area contributed by atoms with E-state index in [9.17, 15) is 24.0 Å². The summed E-state index contributed by atoms with van der Waals surface area (Å²) < 4.78 is 21.6. The van der Waals surface area contributed by atoms with Gasteiger partial charge >= 0.3 is 23.6 Å². The van der Waals surface area contributed by atoms with Gasteiger partial charge in [-0.15, -0.1) is 0 Å². The number of esters is 3. The number of hydrogen-bond donors (Lipinski definition) is 2. The van der Waals surface area contributed by atoms with Crippen LogP contribution in [0.3, 0.4) is 0 Å². The fourth-order valence-electron chi connectivity index (χ4n) is 2.47. The first kappa shape index (κ1) is 20.3. The number of carbonyl (C=O) groups excluding carboxylic acids is 3. The first-order valence-electron chi connectivity index (χ1n) is 7.84. The highest BCUT2D eigenvalue weighted by molar-refractivity contribution is 5.70. The maximum absolute atomic E-state index is 12.1. The minimum atomic E-state index is -1.51. The molecule has 1 aliphatic rings. The van der Waals surface area contributed by atoms with E-state index in [1.807, 2.05) is 4.98 Å². The lowest BCUT2D eigenvalue weighted by molar-refractivity contribution is -0.201. The van der Waals surface area contributed by atoms with Crippen molar-refractivity contribution in [3.05, 3.63) is 33.1 Å². The summed E-state index contributed by atoms with van der Waals surface area (Å²) in [5.74, 6) is -2.42. The van der Waals surface area contributed by atoms with Crippen molar-refractivity contribution in [2.24, 2.45) is 0 Å². The number of nitrogens with one attached hydrogen (secondary N) is 1. The number of H-pyrrole nitrogens is 1. The van der Waals surface area contributed by atoms with Crippen molar-refractivity contribution < 1.29 is 38.4 Å². The summed E-state index contributed by atoms with van der Waals surface area (Å²) in [4.78, 5) is 59.9. The van der Waals surface area contributed by atoms with Crippen LogP contribution < -0.4 is 11.2 Å². The van der Waals surface area contributed by atoms with Gasteiger partial charge in [0.1, 0.15) is 0 Å². The highest BCUT2D eigenvalue weighted by Crippen LogP contribution is 2.34. The molecule has 2 N–H and O–H groups in total. The Kier molecular flexibility index (Phi) is 6.47. The van der Waals surface area contributed by atoms with E-state index in [0.29, 0.717) is 0 Å². The maximum atomic E-state index is 12.1. The third-order valence-electron chi connectivity index (χ3n) is 3.44. The molecule has 0 amide bonds. The van der Waals surface area contributed by atoms with Crippen molar-refractivity contribution in [3.8, 4) is 0 Å². The molecular weight excluding hydrogens is 368 g/mol. The van der Waals surface area contributed by atoms with Crippen LogP contribution in [0.2, 0.25) is 0 Å². The molecule has 0 aromatic carbocycles. The number of hydrogen-bond acceptors (Lipinski definition) is 10. The summed E-state index contributed by atoms with van der Waals surface area (Å²) >= 11 is 0. The van der Waals surface area contributed by atoms with Gasteiger partial charge in [0.05, 0.1) is 13.0 Å². The molecule has 0 radical (unpaired) electrons. The maximum Gasteiger partial charge on any atom is 0.330 e. The van der Waals surface area contributed by atoms with E-state index < -0.39 is 60.5 Å². The largest absolute Gasteiger partial charge is 0.453 e. The molecule has 0 saturated carbocycles. The number of aromatic nitrogens is 2. The minimum absolute atomic E-state index is 0.353. The third kappa shape index (κ3) is 5.01. The molecule has 12 nitrogen and oxygen atoms in total. The molecule has 4 atom stereocenters. The highest BCUT2D eigenvalue weighted by atomic mass is 16.8. The summed E-state index contributed by atoms with van der Waals surface area (Å²) in [7, 11) is 0. The minimum Gasteiger partial charge on any atom is -0.453 e. The van der Waals surface area contributed by atoms with Crippen molar-refractivity contribution in [2.75, 3.05) is 6.61 Å². The number of aromatic amines is 1. The second kappa shape index (κ2) is 8.60. The van der Waals surface area contributed by atoms with E-state index in [0.717, 1.165) is 30.7 Å². The summed E-state index contributed by atoms with van der Waals surface area (Å²) in [6.45, 7) is 1.68. The smallest absolute Gasteiger partial charge is 0.330 e. The average Bonchev–Trinajstić information content (AvgIpc) is 2.84. The van der Waals surface area contributed by atoms with Gasteiger partial charge in [-0.3, -0.25) is 28.7 Å². The Labute approximate surface area is 151 Å². The Morgan fingerprint density at radius 3 is 2.33 bits per heavy atom. The fraction of sp³-hybridized carbons (Fsp3) is 0.533. The molecule has 0 spiro atoms. The second-order valence-corrected chi connectivity index (χ2v) is 5.52. The zero-order chi connectivity index (χ0) is 20.1. The summed E-state index contributed by atoms with van der Waals surface area (Å²) in [6.07, 6.45) is -4.85. The van der Waals surface area contributed by atoms with E-state index in [1.54, 1.807) is 0 Å². The summed E-state index contributed by atoms with van der Waals surface area (Å²) in [5.41, 5.74) is -1.55. The number of aliphatic hydroxyl groups excluding tert-OH is 1. The van der Waals surface area contributed by atoms with E-state index in [-0.39, 0.29) is 6.42 Å². The van der Waals surface area contributed by atoms with Crippen LogP contribution in [0.15, 0.2) is 21.9 Å². The molecule has 148 valence electrons. The highest BCUT2D eigenvalue weighted by Gasteiger charge is 2.52. The average molecular weight is 386 g/mol. The van der Waals surface area contributed by atoms with Gasteiger partial charge in [0.2, 0.25) is 12.4 Å². The zero-order valence-electron chi connectivity index (χ0n) is 14.4. The normalized spacial score (nSPS) is 24.3. The van der Waals surface area contributed by atoms with Crippen LogP contribution in [-0.2, 0) is 33.3 Å². The monoisotopic (exact) mass is 386 g/mol. The van der Waals surface area contributed by atoms with Crippen molar-refractivity contribution in [2.45, 2.75) is 45.0 Å². The van der Waals surface area contributed by atoms with Gasteiger partial charge in [0.15, 0.2) is 12.3 Å². The van der Waals surface area contributed by atoms with Crippen molar-refractivity contribution in [3.63, 3.8) is 0 Å². The topological polar surface area (TPSA) is 163 Å². The van der Waals surface area contributed by atoms with Crippen LogP contribution in [0.5, 0.6) is 0 Å². The summed E-state index contributed by atoms with van der Waals surface area (Å²) in [6, 6.07) is 1.03. The van der Waals surface area contributed by atoms with Gasteiger partial charge in [0, 0.05) is 26.1 Å². The number of carbonyl (C=O) groups is 3. The Hall–Kier alpha value is -2.99. The zero-order valence-corrected chi connectivity index (χ0v) is 14.4. The van der Waals surface area contributed by atoms with Gasteiger partial charge in [-0.25, -0.2) is 4.79 Å². The lowest BCUT2D eigenvalue weighted by Gasteiger charge is -2.23. The van der Waals surface area contributed by atoms with Crippen molar-refractivity contribution >= 4 is 17.9 Å². The molecule has 0 unspecified atom stereocenters. The Balaban J connectivity index is 2.42. The molecule has 2 rings (SSSR count). The fourth-order valence-corrected chi connectivity index (χ4v) is 2.47.